The first-order chi connectivity index (χ1) is 16.0. The lowest BCUT2D eigenvalue weighted by Crippen LogP contribution is -2.17. The summed E-state index contributed by atoms with van der Waals surface area (Å²) < 4.78 is 6.31. The molecule has 2 heterocycles. The van der Waals surface area contributed by atoms with Crippen molar-refractivity contribution < 1.29 is 14.3 Å². The zero-order chi connectivity index (χ0) is 22.9. The number of carbonyl (C=O) groups is 1. The molecule has 0 spiro atoms. The van der Waals surface area contributed by atoms with Gasteiger partial charge in [-0.2, -0.15) is 0 Å². The van der Waals surface area contributed by atoms with Crippen molar-refractivity contribution in [2.24, 2.45) is 0 Å². The maximum Gasteiger partial charge on any atom is 0.337 e. The molecule has 3 aromatic carbocycles. The van der Waals surface area contributed by atoms with Crippen LogP contribution in [-0.4, -0.2) is 17.6 Å². The second-order valence-corrected chi connectivity index (χ2v) is 8.40. The molecule has 0 radical (unpaired) electrons. The van der Waals surface area contributed by atoms with Crippen molar-refractivity contribution in [1.29, 1.82) is 0 Å². The summed E-state index contributed by atoms with van der Waals surface area (Å²) in [5, 5.41) is 13.2. The molecule has 5 rings (SSSR count). The molecule has 0 amide bonds. The van der Waals surface area contributed by atoms with E-state index in [1.807, 2.05) is 31.2 Å². The standard InChI is InChI=1S/C27H24N2O4/c1-17-12-18(10-11-28-23-9-5-4-8-21(23)27(31)32)26-22(13-17)24(30)14-25(33-26)29-15-19-6-2-3-7-20(19)16-29/h2-9,12-14,28H,10-11,15-16H2,1H3,(H,31,32). The molecule has 2 N–H and O–H groups in total. The summed E-state index contributed by atoms with van der Waals surface area (Å²) >= 11 is 0. The Hall–Kier alpha value is -4.06. The van der Waals surface area contributed by atoms with Crippen LogP contribution in [0.2, 0.25) is 0 Å². The van der Waals surface area contributed by atoms with Crippen LogP contribution in [0, 0.1) is 6.92 Å². The molecule has 4 aromatic rings. The minimum absolute atomic E-state index is 0.0589. The average molecular weight is 440 g/mol. The van der Waals surface area contributed by atoms with E-state index in [0.29, 0.717) is 48.6 Å². The number of aromatic carboxylic acids is 1. The normalized spacial score (nSPS) is 12.7. The molecule has 0 saturated carbocycles. The number of benzene rings is 3. The second-order valence-electron chi connectivity index (χ2n) is 8.40. The van der Waals surface area contributed by atoms with Gasteiger partial charge in [0.2, 0.25) is 5.88 Å². The number of hydrogen-bond acceptors (Lipinski definition) is 5. The van der Waals surface area contributed by atoms with Gasteiger partial charge in [-0.25, -0.2) is 4.79 Å². The van der Waals surface area contributed by atoms with Gasteiger partial charge in [-0.1, -0.05) is 42.5 Å². The SMILES string of the molecule is Cc1cc(CCNc2ccccc2C(=O)O)c2oc(N3Cc4ccccc4C3)cc(=O)c2c1. The number of carboxylic acid groups (broad SMARTS) is 1. The lowest BCUT2D eigenvalue weighted by atomic mass is 10.0. The van der Waals surface area contributed by atoms with Crippen molar-refractivity contribution in [3.8, 4) is 0 Å². The van der Waals surface area contributed by atoms with Crippen molar-refractivity contribution in [1.82, 2.24) is 0 Å². The van der Waals surface area contributed by atoms with Gasteiger partial charge in [0.15, 0.2) is 5.43 Å². The molecule has 0 aliphatic carbocycles. The Morgan fingerprint density at radius 2 is 1.73 bits per heavy atom. The Kier molecular flexibility index (Phi) is 5.34. The monoisotopic (exact) mass is 440 g/mol. The Bertz CT molecular complexity index is 1400. The Labute approximate surface area is 191 Å². The molecule has 0 unspecified atom stereocenters. The minimum Gasteiger partial charge on any atom is -0.478 e. The van der Waals surface area contributed by atoms with E-state index in [0.717, 1.165) is 11.1 Å². The van der Waals surface area contributed by atoms with Gasteiger partial charge in [0, 0.05) is 31.4 Å². The molecule has 0 bridgehead atoms. The lowest BCUT2D eigenvalue weighted by Gasteiger charge is -2.17. The van der Waals surface area contributed by atoms with Crippen LogP contribution in [0.15, 0.2) is 75.9 Å². The third kappa shape index (κ3) is 4.07. The molecule has 0 saturated heterocycles. The molecule has 1 aliphatic heterocycles. The predicted octanol–water partition coefficient (Wildman–Crippen LogP) is 4.97. The van der Waals surface area contributed by atoms with E-state index in [9.17, 15) is 14.7 Å². The first-order valence-corrected chi connectivity index (χ1v) is 10.9. The van der Waals surface area contributed by atoms with Crippen LogP contribution in [-0.2, 0) is 19.5 Å². The highest BCUT2D eigenvalue weighted by Gasteiger charge is 2.22. The lowest BCUT2D eigenvalue weighted by molar-refractivity contribution is 0.0698. The quantitative estimate of drug-likeness (QED) is 0.440. The predicted molar refractivity (Wildman–Crippen MR) is 129 cm³/mol. The van der Waals surface area contributed by atoms with Crippen molar-refractivity contribution >= 4 is 28.5 Å². The first-order valence-electron chi connectivity index (χ1n) is 10.9. The van der Waals surface area contributed by atoms with Crippen LogP contribution in [0.4, 0.5) is 11.6 Å². The van der Waals surface area contributed by atoms with E-state index in [1.165, 1.54) is 11.1 Å². The Morgan fingerprint density at radius 1 is 1.03 bits per heavy atom. The maximum absolute atomic E-state index is 13.0. The third-order valence-electron chi connectivity index (χ3n) is 6.06. The van der Waals surface area contributed by atoms with Crippen LogP contribution in [0.1, 0.15) is 32.6 Å². The average Bonchev–Trinajstić information content (AvgIpc) is 3.24. The van der Waals surface area contributed by atoms with Gasteiger partial charge in [0.25, 0.3) is 0 Å². The molecule has 6 heteroatoms. The van der Waals surface area contributed by atoms with Gasteiger partial charge < -0.3 is 19.7 Å². The first kappa shape index (κ1) is 20.8. The van der Waals surface area contributed by atoms with Crippen LogP contribution in [0.25, 0.3) is 11.0 Å². The number of carboxylic acids is 1. The number of nitrogens with one attached hydrogen (secondary N) is 1. The third-order valence-corrected chi connectivity index (χ3v) is 6.06. The summed E-state index contributed by atoms with van der Waals surface area (Å²) in [5.74, 6) is -0.403. The van der Waals surface area contributed by atoms with E-state index in [4.69, 9.17) is 4.42 Å². The molecule has 166 valence electrons. The van der Waals surface area contributed by atoms with Crippen LogP contribution in [0.3, 0.4) is 0 Å². The molecule has 1 aliphatic rings. The molecule has 33 heavy (non-hydrogen) atoms. The zero-order valence-electron chi connectivity index (χ0n) is 18.3. The topological polar surface area (TPSA) is 82.8 Å². The second kappa shape index (κ2) is 8.47. The Balaban J connectivity index is 1.44. The summed E-state index contributed by atoms with van der Waals surface area (Å²) in [4.78, 5) is 26.5. The van der Waals surface area contributed by atoms with Gasteiger partial charge in [-0.05, 0) is 53.8 Å². The Morgan fingerprint density at radius 3 is 2.45 bits per heavy atom. The van der Waals surface area contributed by atoms with Crippen molar-refractivity contribution in [3.63, 3.8) is 0 Å². The highest BCUT2D eigenvalue weighted by atomic mass is 16.4. The van der Waals surface area contributed by atoms with Crippen molar-refractivity contribution in [2.75, 3.05) is 16.8 Å². The highest BCUT2D eigenvalue weighted by Crippen LogP contribution is 2.30. The van der Waals surface area contributed by atoms with Crippen LogP contribution >= 0.6 is 0 Å². The smallest absolute Gasteiger partial charge is 0.337 e. The minimum atomic E-state index is -0.971. The van der Waals surface area contributed by atoms with Crippen molar-refractivity contribution in [2.45, 2.75) is 26.4 Å². The van der Waals surface area contributed by atoms with Gasteiger partial charge in [0.05, 0.1) is 10.9 Å². The highest BCUT2D eigenvalue weighted by molar-refractivity contribution is 5.94. The van der Waals surface area contributed by atoms with Crippen molar-refractivity contribution in [3.05, 3.63) is 105 Å². The summed E-state index contributed by atoms with van der Waals surface area (Å²) in [5.41, 5.74) is 5.71. The van der Waals surface area contributed by atoms with Crippen LogP contribution < -0.4 is 15.6 Å². The number of rotatable bonds is 6. The van der Waals surface area contributed by atoms with E-state index in [2.05, 4.69) is 22.3 Å². The summed E-state index contributed by atoms with van der Waals surface area (Å²) in [6.07, 6.45) is 0.582. The molecule has 0 fully saturated rings. The van der Waals surface area contributed by atoms with Gasteiger partial charge >= 0.3 is 5.97 Å². The number of nitrogens with zero attached hydrogens (tertiary/aromatic N) is 1. The molecular formula is C27H24N2O4. The molecule has 1 aromatic heterocycles. The number of hydrogen-bond donors (Lipinski definition) is 2. The van der Waals surface area contributed by atoms with E-state index in [-0.39, 0.29) is 11.0 Å². The largest absolute Gasteiger partial charge is 0.478 e. The van der Waals surface area contributed by atoms with Gasteiger partial charge in [-0.3, -0.25) is 4.79 Å². The van der Waals surface area contributed by atoms with E-state index in [1.54, 1.807) is 30.3 Å². The summed E-state index contributed by atoms with van der Waals surface area (Å²) in [6, 6.07) is 20.6. The maximum atomic E-state index is 13.0. The molecule has 0 atom stereocenters. The fourth-order valence-corrected chi connectivity index (χ4v) is 4.46. The fraction of sp³-hybridized carbons (Fsp3) is 0.185. The van der Waals surface area contributed by atoms with E-state index >= 15 is 0 Å². The summed E-state index contributed by atoms with van der Waals surface area (Å²) in [7, 11) is 0. The number of anilines is 2. The fourth-order valence-electron chi connectivity index (χ4n) is 4.46. The number of aryl methyl sites for hydroxylation is 1. The van der Waals surface area contributed by atoms with E-state index < -0.39 is 5.97 Å². The summed E-state index contributed by atoms with van der Waals surface area (Å²) in [6.45, 7) is 3.88. The molecular weight excluding hydrogens is 416 g/mol. The number of fused-ring (bicyclic) bond motifs is 2. The van der Waals surface area contributed by atoms with Gasteiger partial charge in [-0.15, -0.1) is 0 Å². The van der Waals surface area contributed by atoms with Crippen LogP contribution in [0.5, 0.6) is 0 Å². The van der Waals surface area contributed by atoms with Gasteiger partial charge in [0.1, 0.15) is 5.58 Å². The molecule has 6 nitrogen and oxygen atoms in total. The number of para-hydroxylation sites is 1. The zero-order valence-corrected chi connectivity index (χ0v) is 18.3.